The van der Waals surface area contributed by atoms with Gasteiger partial charge in [0.05, 0.1) is 0 Å². The summed E-state index contributed by atoms with van der Waals surface area (Å²) in [7, 11) is 0. The second kappa shape index (κ2) is 5.46. The summed E-state index contributed by atoms with van der Waals surface area (Å²) in [6.07, 6.45) is 0. The largest absolute Gasteiger partial charge is 0.506 e. The molecule has 0 radical (unpaired) electrons. The van der Waals surface area contributed by atoms with E-state index in [0.29, 0.717) is 22.1 Å². The fraction of sp³-hybridized carbons (Fsp3) is 0. The van der Waals surface area contributed by atoms with Gasteiger partial charge in [-0.2, -0.15) is 0 Å². The Morgan fingerprint density at radius 1 is 0.957 bits per heavy atom. The molecule has 5 heteroatoms. The van der Waals surface area contributed by atoms with Crippen LogP contribution in [0, 0.1) is 0 Å². The van der Waals surface area contributed by atoms with Gasteiger partial charge < -0.3 is 15.9 Å². The number of amides is 1. The molecule has 0 saturated heterocycles. The first-order valence-corrected chi connectivity index (χ1v) is 6.87. The number of carbonyl (C=O) groups excluding carboxylic acids is 1. The summed E-state index contributed by atoms with van der Waals surface area (Å²) >= 11 is 0. The number of hydrogen-bond donors (Lipinski definition) is 3. The number of nitrogens with two attached hydrogens (primary N) is 1. The van der Waals surface area contributed by atoms with Crippen molar-refractivity contribution in [2.45, 2.75) is 0 Å². The Kier molecular flexibility index (Phi) is 3.46. The van der Waals surface area contributed by atoms with Crippen molar-refractivity contribution in [1.82, 2.24) is 0 Å². The second-order valence-electron chi connectivity index (χ2n) is 5.12. The molecule has 0 aliphatic rings. The molecule has 0 aliphatic carbocycles. The van der Waals surface area contributed by atoms with Crippen molar-refractivity contribution in [3.8, 4) is 16.9 Å². The van der Waals surface area contributed by atoms with Gasteiger partial charge in [-0.05, 0) is 34.5 Å². The smallest absolute Gasteiger partial charge is 0.339 e. The molecular formula is C18H13NO4. The molecule has 114 valence electrons. The maximum atomic E-state index is 11.4. The van der Waals surface area contributed by atoms with Crippen molar-refractivity contribution in [3.63, 3.8) is 0 Å². The molecule has 23 heavy (non-hydrogen) atoms. The summed E-state index contributed by atoms with van der Waals surface area (Å²) in [4.78, 5) is 22.5. The van der Waals surface area contributed by atoms with Gasteiger partial charge in [-0.25, -0.2) is 4.79 Å². The summed E-state index contributed by atoms with van der Waals surface area (Å²) in [6, 6.07) is 15.0. The SMILES string of the molecule is NC(=O)c1ccc(-c2c(O)c(C(=O)O)cc3ccccc23)cc1. The number of phenols is 1. The van der Waals surface area contributed by atoms with Gasteiger partial charge in [0.2, 0.25) is 5.91 Å². The highest BCUT2D eigenvalue weighted by Gasteiger charge is 2.18. The highest BCUT2D eigenvalue weighted by Crippen LogP contribution is 2.39. The van der Waals surface area contributed by atoms with E-state index < -0.39 is 11.9 Å². The molecule has 0 unspecified atom stereocenters. The highest BCUT2D eigenvalue weighted by atomic mass is 16.4. The fourth-order valence-corrected chi connectivity index (χ4v) is 2.59. The number of aromatic carboxylic acids is 1. The van der Waals surface area contributed by atoms with E-state index in [4.69, 9.17) is 5.73 Å². The number of benzene rings is 3. The Hall–Kier alpha value is -3.34. The molecule has 0 heterocycles. The van der Waals surface area contributed by atoms with Gasteiger partial charge in [0, 0.05) is 11.1 Å². The molecule has 0 spiro atoms. The van der Waals surface area contributed by atoms with Crippen LogP contribution in [-0.4, -0.2) is 22.1 Å². The van der Waals surface area contributed by atoms with Gasteiger partial charge in [0.1, 0.15) is 11.3 Å². The third kappa shape index (κ3) is 2.48. The average Bonchev–Trinajstić information content (AvgIpc) is 2.54. The quantitative estimate of drug-likeness (QED) is 0.692. The molecule has 3 aromatic rings. The van der Waals surface area contributed by atoms with Crippen molar-refractivity contribution < 1.29 is 19.8 Å². The number of fused-ring (bicyclic) bond motifs is 1. The maximum Gasteiger partial charge on any atom is 0.339 e. The monoisotopic (exact) mass is 307 g/mol. The molecule has 0 aliphatic heterocycles. The van der Waals surface area contributed by atoms with Crippen molar-refractivity contribution in [2.24, 2.45) is 5.73 Å². The minimum absolute atomic E-state index is 0.169. The second-order valence-corrected chi connectivity index (χ2v) is 5.12. The molecule has 1 amide bonds. The van der Waals surface area contributed by atoms with Crippen LogP contribution in [0.2, 0.25) is 0 Å². The number of carboxylic acids is 1. The van der Waals surface area contributed by atoms with E-state index >= 15 is 0 Å². The van der Waals surface area contributed by atoms with E-state index in [1.165, 1.54) is 6.07 Å². The third-order valence-corrected chi connectivity index (χ3v) is 3.71. The third-order valence-electron chi connectivity index (χ3n) is 3.71. The maximum absolute atomic E-state index is 11.4. The number of hydrogen-bond acceptors (Lipinski definition) is 3. The molecule has 0 atom stereocenters. The fourth-order valence-electron chi connectivity index (χ4n) is 2.59. The van der Waals surface area contributed by atoms with Gasteiger partial charge >= 0.3 is 5.97 Å². The van der Waals surface area contributed by atoms with Crippen LogP contribution in [0.3, 0.4) is 0 Å². The first kappa shape index (κ1) is 14.6. The zero-order valence-corrected chi connectivity index (χ0v) is 12.0. The lowest BCUT2D eigenvalue weighted by atomic mass is 9.93. The Balaban J connectivity index is 2.32. The van der Waals surface area contributed by atoms with Crippen LogP contribution >= 0.6 is 0 Å². The van der Waals surface area contributed by atoms with Crippen molar-refractivity contribution >= 4 is 22.6 Å². The first-order valence-electron chi connectivity index (χ1n) is 6.87. The normalized spacial score (nSPS) is 10.6. The number of carbonyl (C=O) groups is 2. The van der Waals surface area contributed by atoms with Crippen LogP contribution in [0.5, 0.6) is 5.75 Å². The minimum atomic E-state index is -1.21. The van der Waals surface area contributed by atoms with E-state index in [0.717, 1.165) is 5.39 Å². The topological polar surface area (TPSA) is 101 Å². The van der Waals surface area contributed by atoms with Crippen molar-refractivity contribution in [1.29, 1.82) is 0 Å². The van der Waals surface area contributed by atoms with E-state index in [1.807, 2.05) is 6.07 Å². The van der Waals surface area contributed by atoms with E-state index in [2.05, 4.69) is 0 Å². The van der Waals surface area contributed by atoms with Gasteiger partial charge in [-0.3, -0.25) is 4.79 Å². The number of aromatic hydroxyl groups is 1. The highest BCUT2D eigenvalue weighted by molar-refractivity contribution is 6.07. The lowest BCUT2D eigenvalue weighted by Gasteiger charge is -2.12. The molecule has 3 rings (SSSR count). The summed E-state index contributed by atoms with van der Waals surface area (Å²) < 4.78 is 0. The van der Waals surface area contributed by atoms with Crippen LogP contribution in [0.15, 0.2) is 54.6 Å². The number of carboxylic acid groups (broad SMARTS) is 1. The zero-order chi connectivity index (χ0) is 16.6. The van der Waals surface area contributed by atoms with Gasteiger partial charge in [0.25, 0.3) is 0 Å². The predicted octanol–water partition coefficient (Wildman–Crippen LogP) is 3.01. The Morgan fingerprint density at radius 2 is 1.61 bits per heavy atom. The Labute approximate surface area is 131 Å². The molecular weight excluding hydrogens is 294 g/mol. The molecule has 0 saturated carbocycles. The standard InChI is InChI=1S/C18H13NO4/c19-17(21)11-7-5-10(6-8-11)15-13-4-2-1-3-12(13)9-14(16(15)20)18(22)23/h1-9,20H,(H2,19,21)(H,22,23). The van der Waals surface area contributed by atoms with Gasteiger partial charge in [-0.15, -0.1) is 0 Å². The lowest BCUT2D eigenvalue weighted by molar-refractivity contribution is 0.0693. The van der Waals surface area contributed by atoms with E-state index in [1.54, 1.807) is 42.5 Å². The first-order chi connectivity index (χ1) is 11.0. The molecule has 3 aromatic carbocycles. The average molecular weight is 307 g/mol. The van der Waals surface area contributed by atoms with Crippen LogP contribution in [-0.2, 0) is 0 Å². The summed E-state index contributed by atoms with van der Waals surface area (Å²) in [5.41, 5.74) is 6.41. The lowest BCUT2D eigenvalue weighted by Crippen LogP contribution is -2.10. The van der Waals surface area contributed by atoms with E-state index in [9.17, 15) is 19.8 Å². The minimum Gasteiger partial charge on any atom is -0.506 e. The zero-order valence-electron chi connectivity index (χ0n) is 12.0. The summed E-state index contributed by atoms with van der Waals surface area (Å²) in [6.45, 7) is 0. The Morgan fingerprint density at radius 3 is 2.22 bits per heavy atom. The van der Waals surface area contributed by atoms with Crippen LogP contribution in [0.25, 0.3) is 21.9 Å². The molecule has 5 nitrogen and oxygen atoms in total. The summed E-state index contributed by atoms with van der Waals surface area (Å²) in [5.74, 6) is -2.06. The van der Waals surface area contributed by atoms with Crippen molar-refractivity contribution in [3.05, 3.63) is 65.7 Å². The van der Waals surface area contributed by atoms with E-state index in [-0.39, 0.29) is 11.3 Å². The molecule has 0 aromatic heterocycles. The van der Waals surface area contributed by atoms with Gasteiger partial charge in [0.15, 0.2) is 0 Å². The Bertz CT molecular complexity index is 930. The van der Waals surface area contributed by atoms with Gasteiger partial charge in [-0.1, -0.05) is 36.4 Å². The number of rotatable bonds is 3. The molecule has 0 fully saturated rings. The summed E-state index contributed by atoms with van der Waals surface area (Å²) in [5, 5.41) is 21.1. The van der Waals surface area contributed by atoms with Crippen LogP contribution in [0.4, 0.5) is 0 Å². The van der Waals surface area contributed by atoms with Crippen molar-refractivity contribution in [2.75, 3.05) is 0 Å². The predicted molar refractivity (Wildman–Crippen MR) is 86.5 cm³/mol. The molecule has 4 N–H and O–H groups in total. The number of primary amides is 1. The molecule has 0 bridgehead atoms. The van der Waals surface area contributed by atoms with Crippen LogP contribution in [0.1, 0.15) is 20.7 Å². The van der Waals surface area contributed by atoms with Crippen LogP contribution < -0.4 is 5.73 Å².